The largest absolute Gasteiger partial charge is 0.493 e. The maximum atomic E-state index is 13.5. The van der Waals surface area contributed by atoms with Crippen LogP contribution in [0.4, 0.5) is 0 Å². The molecule has 9 nitrogen and oxygen atoms in total. The van der Waals surface area contributed by atoms with Crippen LogP contribution in [0.3, 0.4) is 0 Å². The van der Waals surface area contributed by atoms with Gasteiger partial charge in [0.1, 0.15) is 0 Å². The number of aliphatic hydroxyl groups excluding tert-OH is 2. The summed E-state index contributed by atoms with van der Waals surface area (Å²) in [6.45, 7) is -0.462. The molecule has 160 valence electrons. The van der Waals surface area contributed by atoms with Gasteiger partial charge in [-0.05, 0) is 18.2 Å². The summed E-state index contributed by atoms with van der Waals surface area (Å²) >= 11 is 0. The van der Waals surface area contributed by atoms with Gasteiger partial charge in [-0.1, -0.05) is 0 Å². The predicted molar refractivity (Wildman–Crippen MR) is 113 cm³/mol. The van der Waals surface area contributed by atoms with Gasteiger partial charge in [0.15, 0.2) is 23.0 Å². The van der Waals surface area contributed by atoms with Crippen LogP contribution in [0.2, 0.25) is 0 Å². The first-order valence-electron chi connectivity index (χ1n) is 9.65. The molecule has 1 unspecified atom stereocenters. The van der Waals surface area contributed by atoms with E-state index in [9.17, 15) is 15.0 Å². The van der Waals surface area contributed by atoms with Crippen molar-refractivity contribution in [2.45, 2.75) is 12.6 Å². The molecule has 0 saturated heterocycles. The maximum Gasteiger partial charge on any atom is 0.259 e. The highest BCUT2D eigenvalue weighted by Gasteiger charge is 2.21. The van der Waals surface area contributed by atoms with Gasteiger partial charge in [0.05, 0.1) is 49.9 Å². The molecule has 1 aliphatic rings. The van der Waals surface area contributed by atoms with Crippen LogP contribution in [0.15, 0.2) is 35.3 Å². The third kappa shape index (κ3) is 2.93. The first-order chi connectivity index (χ1) is 15.0. The van der Waals surface area contributed by atoms with E-state index in [0.29, 0.717) is 55.6 Å². The quantitative estimate of drug-likeness (QED) is 0.467. The molecule has 2 aromatic carbocycles. The van der Waals surface area contributed by atoms with Crippen LogP contribution in [-0.2, 0) is 6.54 Å². The van der Waals surface area contributed by atoms with E-state index in [0.717, 1.165) is 0 Å². The first kappa shape index (κ1) is 19.4. The summed E-state index contributed by atoms with van der Waals surface area (Å²) in [5, 5.41) is 22.0. The molecule has 1 atom stereocenters. The Morgan fingerprint density at radius 2 is 1.71 bits per heavy atom. The number of methoxy groups -OCH3 is 2. The average molecular weight is 424 g/mol. The smallest absolute Gasteiger partial charge is 0.259 e. The molecule has 4 aromatic rings. The minimum Gasteiger partial charge on any atom is -0.493 e. The Morgan fingerprint density at radius 3 is 2.39 bits per heavy atom. The maximum absolute atomic E-state index is 13.5. The number of fused-ring (bicyclic) bond motifs is 6. The molecule has 9 heteroatoms. The van der Waals surface area contributed by atoms with Gasteiger partial charge in [0.25, 0.3) is 5.56 Å². The Balaban J connectivity index is 1.97. The number of pyridine rings is 2. The second-order valence-electron chi connectivity index (χ2n) is 7.25. The van der Waals surface area contributed by atoms with E-state index >= 15 is 0 Å². The number of hydrogen-bond donors (Lipinski definition) is 2. The summed E-state index contributed by atoms with van der Waals surface area (Å²) in [6, 6.07) is 6.89. The van der Waals surface area contributed by atoms with E-state index in [1.54, 1.807) is 30.5 Å². The highest BCUT2D eigenvalue weighted by molar-refractivity contribution is 6.15. The number of hydrogen-bond acceptors (Lipinski definition) is 8. The van der Waals surface area contributed by atoms with Crippen molar-refractivity contribution < 1.29 is 29.2 Å². The standard InChI is InChI=1S/C22H20N2O7/c1-28-17-3-12-13(4-18(17)29-2)22(27)24(8-11(26)9-25)21-14-5-19-20(31-10-30-19)6-16(14)23-7-15(12)21/h3-7,11,25-26H,8-10H2,1-2H3. The molecule has 1 aliphatic heterocycles. The normalized spacial score (nSPS) is 13.8. The van der Waals surface area contributed by atoms with Gasteiger partial charge >= 0.3 is 0 Å². The van der Waals surface area contributed by atoms with E-state index in [1.165, 1.54) is 18.8 Å². The van der Waals surface area contributed by atoms with Gasteiger partial charge in [0.2, 0.25) is 6.79 Å². The van der Waals surface area contributed by atoms with Crippen molar-refractivity contribution in [3.05, 3.63) is 40.8 Å². The fraction of sp³-hybridized carbons (Fsp3) is 0.273. The highest BCUT2D eigenvalue weighted by Crippen LogP contribution is 2.40. The van der Waals surface area contributed by atoms with Crippen LogP contribution in [0.1, 0.15) is 0 Å². The number of aromatic nitrogens is 2. The van der Waals surface area contributed by atoms with Crippen LogP contribution in [0.25, 0.3) is 32.6 Å². The Hall–Kier alpha value is -3.56. The van der Waals surface area contributed by atoms with Crippen molar-refractivity contribution in [3.8, 4) is 23.0 Å². The van der Waals surface area contributed by atoms with E-state index in [2.05, 4.69) is 4.98 Å². The molecular formula is C22H20N2O7. The topological polar surface area (TPSA) is 112 Å². The monoisotopic (exact) mass is 424 g/mol. The van der Waals surface area contributed by atoms with Gasteiger partial charge < -0.3 is 33.7 Å². The first-order valence-corrected chi connectivity index (χ1v) is 9.65. The summed E-state index contributed by atoms with van der Waals surface area (Å²) in [4.78, 5) is 18.1. The molecule has 3 heterocycles. The highest BCUT2D eigenvalue weighted by atomic mass is 16.7. The summed E-state index contributed by atoms with van der Waals surface area (Å²) in [5.41, 5.74) is 0.852. The zero-order valence-electron chi connectivity index (χ0n) is 16.9. The summed E-state index contributed by atoms with van der Waals surface area (Å²) in [7, 11) is 3.02. The second-order valence-corrected chi connectivity index (χ2v) is 7.25. The Labute approximate surface area is 176 Å². The second kappa shape index (κ2) is 7.29. The van der Waals surface area contributed by atoms with Crippen LogP contribution in [0.5, 0.6) is 23.0 Å². The van der Waals surface area contributed by atoms with Gasteiger partial charge in [0, 0.05) is 28.4 Å². The lowest BCUT2D eigenvalue weighted by atomic mass is 10.0. The molecule has 31 heavy (non-hydrogen) atoms. The predicted octanol–water partition coefficient (Wildman–Crippen LogP) is 1.80. The fourth-order valence-electron chi connectivity index (χ4n) is 4.02. The van der Waals surface area contributed by atoms with Crippen molar-refractivity contribution >= 4 is 32.6 Å². The molecule has 5 rings (SSSR count). The van der Waals surface area contributed by atoms with E-state index in [1.807, 2.05) is 0 Å². The molecule has 2 aromatic heterocycles. The number of nitrogens with zero attached hydrogens (tertiary/aromatic N) is 2. The number of aliphatic hydroxyl groups is 2. The van der Waals surface area contributed by atoms with E-state index in [4.69, 9.17) is 18.9 Å². The lowest BCUT2D eigenvalue weighted by molar-refractivity contribution is 0.0816. The van der Waals surface area contributed by atoms with Crippen molar-refractivity contribution in [1.29, 1.82) is 0 Å². The molecule has 0 amide bonds. The number of benzene rings is 2. The minimum absolute atomic E-state index is 0.0936. The zero-order valence-corrected chi connectivity index (χ0v) is 16.9. The van der Waals surface area contributed by atoms with Crippen LogP contribution >= 0.6 is 0 Å². The summed E-state index contributed by atoms with van der Waals surface area (Å²) in [6.07, 6.45) is 0.561. The summed E-state index contributed by atoms with van der Waals surface area (Å²) in [5.74, 6) is 2.03. The average Bonchev–Trinajstić information content (AvgIpc) is 3.26. The van der Waals surface area contributed by atoms with Gasteiger partial charge in [-0.2, -0.15) is 0 Å². The molecule has 0 spiro atoms. The van der Waals surface area contributed by atoms with Crippen molar-refractivity contribution in [3.63, 3.8) is 0 Å². The Bertz CT molecular complexity index is 1400. The lowest BCUT2D eigenvalue weighted by Crippen LogP contribution is -2.29. The van der Waals surface area contributed by atoms with Crippen molar-refractivity contribution in [2.75, 3.05) is 27.6 Å². The third-order valence-corrected chi connectivity index (χ3v) is 5.50. The molecule has 0 bridgehead atoms. The van der Waals surface area contributed by atoms with Gasteiger partial charge in [-0.25, -0.2) is 0 Å². The number of ether oxygens (including phenoxy) is 4. The molecule has 0 fully saturated rings. The van der Waals surface area contributed by atoms with Crippen LogP contribution < -0.4 is 24.5 Å². The number of rotatable bonds is 5. The SMILES string of the molecule is COc1cc2c(=O)n(CC(O)CO)c3c4cc5c(cc4ncc3c2cc1OC)OCO5. The van der Waals surface area contributed by atoms with Gasteiger partial charge in [-0.3, -0.25) is 9.78 Å². The molecule has 2 N–H and O–H groups in total. The van der Waals surface area contributed by atoms with Crippen LogP contribution in [-0.4, -0.2) is 53.5 Å². The van der Waals surface area contributed by atoms with Crippen molar-refractivity contribution in [1.82, 2.24) is 9.55 Å². The third-order valence-electron chi connectivity index (χ3n) is 5.50. The molecule has 0 saturated carbocycles. The van der Waals surface area contributed by atoms with Gasteiger partial charge in [-0.15, -0.1) is 0 Å². The minimum atomic E-state index is -1.12. The van der Waals surface area contributed by atoms with E-state index in [-0.39, 0.29) is 18.9 Å². The Morgan fingerprint density at radius 1 is 1.03 bits per heavy atom. The lowest BCUT2D eigenvalue weighted by Gasteiger charge is -2.18. The Kier molecular flexibility index (Phi) is 4.57. The van der Waals surface area contributed by atoms with E-state index < -0.39 is 12.7 Å². The van der Waals surface area contributed by atoms with Crippen molar-refractivity contribution in [2.24, 2.45) is 0 Å². The summed E-state index contributed by atoms with van der Waals surface area (Å²) < 4.78 is 23.2. The molecule has 0 radical (unpaired) electrons. The zero-order chi connectivity index (χ0) is 21.7. The molecular weight excluding hydrogens is 404 g/mol. The molecule has 0 aliphatic carbocycles. The fourth-order valence-corrected chi connectivity index (χ4v) is 4.02. The van der Waals surface area contributed by atoms with Crippen LogP contribution in [0, 0.1) is 0 Å².